The molecule has 1 fully saturated rings. The third-order valence-electron chi connectivity index (χ3n) is 3.69. The average Bonchev–Trinajstić information content (AvgIpc) is 3.22. The number of nitrogens with one attached hydrogen (secondary N) is 1. The van der Waals surface area contributed by atoms with Crippen LogP contribution in [0.4, 0.5) is 5.69 Å². The number of benzene rings is 1. The van der Waals surface area contributed by atoms with E-state index in [9.17, 15) is 4.79 Å². The Morgan fingerprint density at radius 3 is 2.63 bits per heavy atom. The summed E-state index contributed by atoms with van der Waals surface area (Å²) in [5.41, 5.74) is 3.06. The number of rotatable bonds is 6. The van der Waals surface area contributed by atoms with Gasteiger partial charge in [-0.1, -0.05) is 0 Å². The Kier molecular flexibility index (Phi) is 4.46. The smallest absolute Gasteiger partial charge is 0.253 e. The molecule has 3 nitrogen and oxygen atoms in total. The Balaban J connectivity index is 2.10. The van der Waals surface area contributed by atoms with E-state index in [-0.39, 0.29) is 5.91 Å². The number of hydrogen-bond acceptors (Lipinski definition) is 2. The second-order valence-electron chi connectivity index (χ2n) is 5.35. The van der Waals surface area contributed by atoms with Crippen molar-refractivity contribution >= 4 is 11.6 Å². The van der Waals surface area contributed by atoms with Crippen LogP contribution in [0.5, 0.6) is 0 Å². The average molecular weight is 260 g/mol. The van der Waals surface area contributed by atoms with E-state index in [0.29, 0.717) is 0 Å². The summed E-state index contributed by atoms with van der Waals surface area (Å²) in [7, 11) is 0. The van der Waals surface area contributed by atoms with Crippen molar-refractivity contribution in [3.05, 3.63) is 29.3 Å². The molecular weight excluding hydrogens is 236 g/mol. The predicted molar refractivity (Wildman–Crippen MR) is 79.6 cm³/mol. The van der Waals surface area contributed by atoms with Gasteiger partial charge in [-0.3, -0.25) is 4.79 Å². The summed E-state index contributed by atoms with van der Waals surface area (Å²) in [4.78, 5) is 14.4. The zero-order valence-corrected chi connectivity index (χ0v) is 12.2. The fourth-order valence-electron chi connectivity index (χ4n) is 2.34. The summed E-state index contributed by atoms with van der Waals surface area (Å²) >= 11 is 0. The summed E-state index contributed by atoms with van der Waals surface area (Å²) in [6, 6.07) is 5.94. The van der Waals surface area contributed by atoms with Gasteiger partial charge in [0.15, 0.2) is 0 Å². The van der Waals surface area contributed by atoms with Crippen LogP contribution in [-0.4, -0.2) is 30.4 Å². The van der Waals surface area contributed by atoms with E-state index >= 15 is 0 Å². The van der Waals surface area contributed by atoms with E-state index in [4.69, 9.17) is 0 Å². The SMILES string of the molecule is CCNc1ccc(C(=O)N(CC)CC2CC2)cc1C. The van der Waals surface area contributed by atoms with E-state index in [1.807, 2.05) is 30.0 Å². The molecule has 0 unspecified atom stereocenters. The lowest BCUT2D eigenvalue weighted by atomic mass is 10.1. The van der Waals surface area contributed by atoms with Crippen molar-refractivity contribution in [2.75, 3.05) is 25.0 Å². The number of aryl methyl sites for hydroxylation is 1. The highest BCUT2D eigenvalue weighted by Gasteiger charge is 2.26. The van der Waals surface area contributed by atoms with Crippen molar-refractivity contribution in [1.29, 1.82) is 0 Å². The molecule has 0 aromatic heterocycles. The second kappa shape index (κ2) is 6.09. The molecular formula is C16H24N2O. The molecule has 0 atom stereocenters. The molecule has 1 aliphatic carbocycles. The molecule has 0 aliphatic heterocycles. The lowest BCUT2D eigenvalue weighted by molar-refractivity contribution is 0.0757. The van der Waals surface area contributed by atoms with Gasteiger partial charge in [-0.05, 0) is 63.3 Å². The maximum Gasteiger partial charge on any atom is 0.253 e. The Morgan fingerprint density at radius 1 is 1.37 bits per heavy atom. The molecule has 0 spiro atoms. The maximum absolute atomic E-state index is 12.5. The summed E-state index contributed by atoms with van der Waals surface area (Å²) < 4.78 is 0. The highest BCUT2D eigenvalue weighted by Crippen LogP contribution is 2.30. The molecule has 3 heteroatoms. The Bertz CT molecular complexity index is 452. The number of carbonyl (C=O) groups is 1. The molecule has 1 amide bonds. The largest absolute Gasteiger partial charge is 0.385 e. The van der Waals surface area contributed by atoms with Crippen LogP contribution in [-0.2, 0) is 0 Å². The standard InChI is InChI=1S/C16H24N2O/c1-4-17-15-9-8-14(10-12(15)3)16(19)18(5-2)11-13-6-7-13/h8-10,13,17H,4-7,11H2,1-3H3. The third-order valence-corrected chi connectivity index (χ3v) is 3.69. The van der Waals surface area contributed by atoms with Crippen LogP contribution in [0.1, 0.15) is 42.6 Å². The first kappa shape index (κ1) is 13.9. The highest BCUT2D eigenvalue weighted by atomic mass is 16.2. The van der Waals surface area contributed by atoms with Gasteiger partial charge in [0, 0.05) is 30.9 Å². The predicted octanol–water partition coefficient (Wildman–Crippen LogP) is 3.30. The second-order valence-corrected chi connectivity index (χ2v) is 5.35. The van der Waals surface area contributed by atoms with Crippen molar-refractivity contribution in [2.45, 2.75) is 33.6 Å². The molecule has 19 heavy (non-hydrogen) atoms. The molecule has 2 rings (SSSR count). The third kappa shape index (κ3) is 3.49. The Hall–Kier alpha value is -1.51. The lowest BCUT2D eigenvalue weighted by Gasteiger charge is -2.21. The first-order valence-corrected chi connectivity index (χ1v) is 7.29. The molecule has 1 aromatic rings. The summed E-state index contributed by atoms with van der Waals surface area (Å²) in [5.74, 6) is 0.909. The van der Waals surface area contributed by atoms with E-state index in [2.05, 4.69) is 19.2 Å². The fraction of sp³-hybridized carbons (Fsp3) is 0.562. The van der Waals surface area contributed by atoms with Crippen LogP contribution in [0, 0.1) is 12.8 Å². The Labute approximate surface area is 116 Å². The van der Waals surface area contributed by atoms with Crippen molar-refractivity contribution in [3.63, 3.8) is 0 Å². The maximum atomic E-state index is 12.5. The van der Waals surface area contributed by atoms with Gasteiger partial charge < -0.3 is 10.2 Å². The van der Waals surface area contributed by atoms with Crippen LogP contribution in [0.15, 0.2) is 18.2 Å². The van der Waals surface area contributed by atoms with Gasteiger partial charge in [-0.2, -0.15) is 0 Å². The molecule has 0 heterocycles. The van der Waals surface area contributed by atoms with E-state index in [1.54, 1.807) is 0 Å². The van der Waals surface area contributed by atoms with Crippen molar-refractivity contribution in [2.24, 2.45) is 5.92 Å². The summed E-state index contributed by atoms with van der Waals surface area (Å²) in [6.45, 7) is 8.79. The van der Waals surface area contributed by atoms with Gasteiger partial charge in [0.05, 0.1) is 0 Å². The number of amides is 1. The minimum Gasteiger partial charge on any atom is -0.385 e. The zero-order valence-electron chi connectivity index (χ0n) is 12.2. The summed E-state index contributed by atoms with van der Waals surface area (Å²) in [6.07, 6.45) is 2.56. The van der Waals surface area contributed by atoms with Gasteiger partial charge in [-0.25, -0.2) is 0 Å². The van der Waals surface area contributed by atoms with E-state index < -0.39 is 0 Å². The molecule has 104 valence electrons. The molecule has 1 aromatic carbocycles. The van der Waals surface area contributed by atoms with Crippen LogP contribution >= 0.6 is 0 Å². The van der Waals surface area contributed by atoms with Crippen molar-refractivity contribution in [1.82, 2.24) is 4.90 Å². The van der Waals surface area contributed by atoms with Crippen LogP contribution in [0.3, 0.4) is 0 Å². The minimum atomic E-state index is 0.167. The van der Waals surface area contributed by atoms with E-state index in [0.717, 1.165) is 42.4 Å². The lowest BCUT2D eigenvalue weighted by Crippen LogP contribution is -2.32. The molecule has 0 radical (unpaired) electrons. The minimum absolute atomic E-state index is 0.167. The van der Waals surface area contributed by atoms with Gasteiger partial charge in [0.25, 0.3) is 5.91 Å². The number of hydrogen-bond donors (Lipinski definition) is 1. The molecule has 1 saturated carbocycles. The zero-order chi connectivity index (χ0) is 13.8. The molecule has 0 bridgehead atoms. The van der Waals surface area contributed by atoms with E-state index in [1.165, 1.54) is 12.8 Å². The first-order chi connectivity index (χ1) is 9.15. The van der Waals surface area contributed by atoms with Crippen molar-refractivity contribution < 1.29 is 4.79 Å². The van der Waals surface area contributed by atoms with Gasteiger partial charge in [0.1, 0.15) is 0 Å². The molecule has 1 aliphatic rings. The number of anilines is 1. The molecule has 1 N–H and O–H groups in total. The van der Waals surface area contributed by atoms with Gasteiger partial charge in [-0.15, -0.1) is 0 Å². The van der Waals surface area contributed by atoms with Gasteiger partial charge in [0.2, 0.25) is 0 Å². The number of nitrogens with zero attached hydrogens (tertiary/aromatic N) is 1. The fourth-order valence-corrected chi connectivity index (χ4v) is 2.34. The van der Waals surface area contributed by atoms with Crippen LogP contribution in [0.2, 0.25) is 0 Å². The monoisotopic (exact) mass is 260 g/mol. The molecule has 0 saturated heterocycles. The summed E-state index contributed by atoms with van der Waals surface area (Å²) in [5, 5.41) is 3.30. The van der Waals surface area contributed by atoms with Gasteiger partial charge >= 0.3 is 0 Å². The van der Waals surface area contributed by atoms with Crippen molar-refractivity contribution in [3.8, 4) is 0 Å². The first-order valence-electron chi connectivity index (χ1n) is 7.29. The Morgan fingerprint density at radius 2 is 2.11 bits per heavy atom. The topological polar surface area (TPSA) is 32.3 Å². The quantitative estimate of drug-likeness (QED) is 0.851. The normalized spacial score (nSPS) is 14.3. The van der Waals surface area contributed by atoms with Crippen LogP contribution in [0.25, 0.3) is 0 Å². The highest BCUT2D eigenvalue weighted by molar-refractivity contribution is 5.95. The van der Waals surface area contributed by atoms with Crippen LogP contribution < -0.4 is 5.32 Å². The number of carbonyl (C=O) groups excluding carboxylic acids is 1.